The van der Waals surface area contributed by atoms with E-state index in [9.17, 15) is 40.0 Å². The molecule has 0 fully saturated rings. The molecule has 0 aliphatic carbocycles. The second kappa shape index (κ2) is 13.2. The van der Waals surface area contributed by atoms with Crippen LogP contribution in [-0.4, -0.2) is 32.1 Å². The maximum absolute atomic E-state index is 14.1. The Balaban J connectivity index is 1.94. The van der Waals surface area contributed by atoms with Crippen molar-refractivity contribution in [2.45, 2.75) is 26.7 Å². The number of hydrogen-bond donors (Lipinski definition) is 4. The minimum Gasteiger partial charge on any atom is -0.505 e. The Hall–Kier alpha value is -6.18. The number of hydrazine groups is 1. The molecule has 0 heterocycles. The molecule has 44 heavy (non-hydrogen) atoms. The lowest BCUT2D eigenvalue weighted by molar-refractivity contribution is -0.385. The number of rotatable bonds is 8. The van der Waals surface area contributed by atoms with Crippen LogP contribution in [-0.2, 0) is 12.8 Å². The Labute approximate surface area is 251 Å². The molecule has 0 saturated heterocycles. The number of hydrogen-bond acceptors (Lipinski definition) is 8. The number of nitrogens with one attached hydrogen (secondary N) is 2. The third-order valence-corrected chi connectivity index (χ3v) is 6.66. The largest absolute Gasteiger partial charge is 0.505 e. The van der Waals surface area contributed by atoms with Crippen LogP contribution in [0.5, 0.6) is 11.5 Å². The summed E-state index contributed by atoms with van der Waals surface area (Å²) >= 11 is 0. The Kier molecular flexibility index (Phi) is 9.23. The summed E-state index contributed by atoms with van der Waals surface area (Å²) in [5.74, 6) is -1.49. The number of amides is 4. The topological polar surface area (TPSA) is 191 Å². The first-order valence-electron chi connectivity index (χ1n) is 13.4. The van der Waals surface area contributed by atoms with Gasteiger partial charge in [0.25, 0.3) is 11.4 Å². The highest BCUT2D eigenvalue weighted by molar-refractivity contribution is 6.14. The van der Waals surface area contributed by atoms with Crippen LogP contribution in [0.4, 0.5) is 43.7 Å². The second-order valence-corrected chi connectivity index (χ2v) is 9.37. The third kappa shape index (κ3) is 6.49. The number of benzene rings is 4. The van der Waals surface area contributed by atoms with Gasteiger partial charge in [-0.15, -0.1) is 0 Å². The zero-order valence-corrected chi connectivity index (χ0v) is 23.6. The van der Waals surface area contributed by atoms with E-state index in [1.807, 2.05) is 13.8 Å². The van der Waals surface area contributed by atoms with Crippen molar-refractivity contribution in [2.75, 3.05) is 20.7 Å². The molecule has 0 radical (unpaired) electrons. The van der Waals surface area contributed by atoms with Gasteiger partial charge in [0.15, 0.2) is 0 Å². The average molecular weight is 601 g/mol. The maximum atomic E-state index is 14.1. The third-order valence-electron chi connectivity index (χ3n) is 6.66. The lowest BCUT2D eigenvalue weighted by atomic mass is 10.1. The van der Waals surface area contributed by atoms with Crippen molar-refractivity contribution < 1.29 is 29.6 Å². The lowest BCUT2D eigenvalue weighted by Gasteiger charge is -2.35. The molecule has 0 aliphatic heterocycles. The van der Waals surface area contributed by atoms with E-state index in [0.717, 1.165) is 47.5 Å². The summed E-state index contributed by atoms with van der Waals surface area (Å²) in [5, 5.41) is 51.4. The smallest absolute Gasteiger partial charge is 0.346 e. The van der Waals surface area contributed by atoms with Gasteiger partial charge in [0, 0.05) is 23.5 Å². The summed E-state index contributed by atoms with van der Waals surface area (Å²) in [5.41, 5.74) is 0.479. The predicted octanol–water partition coefficient (Wildman–Crippen LogP) is 6.73. The van der Waals surface area contributed by atoms with Crippen LogP contribution in [0.1, 0.15) is 25.0 Å². The Morgan fingerprint density at radius 1 is 0.659 bits per heavy atom. The molecule has 0 saturated carbocycles. The number of non-ortho nitro benzene ring substituents is 2. The van der Waals surface area contributed by atoms with Crippen LogP contribution in [0, 0.1) is 20.2 Å². The van der Waals surface area contributed by atoms with Gasteiger partial charge >= 0.3 is 12.1 Å². The molecule has 14 nitrogen and oxygen atoms in total. The standard InChI is InChI=1S/C30H28N6O8/c1-3-19-9-5-7-11-23(19)31-29(39)33(25-15-13-21(35(41)42)17-27(25)37)34(26-16-14-22(36(43)44)18-28(26)38)30(40)32-24-12-8-6-10-20(24)4-2/h5-18,37-38H,3-4H2,1-2H3,(H,31,39)(H,32,40). The minimum atomic E-state index is -1.01. The van der Waals surface area contributed by atoms with Gasteiger partial charge in [-0.25, -0.2) is 9.59 Å². The average Bonchev–Trinajstić information content (AvgIpc) is 3.00. The highest BCUT2D eigenvalue weighted by Crippen LogP contribution is 2.38. The minimum absolute atomic E-state index is 0.371. The van der Waals surface area contributed by atoms with E-state index in [1.165, 1.54) is 0 Å². The molecular weight excluding hydrogens is 572 g/mol. The first-order valence-corrected chi connectivity index (χ1v) is 13.4. The van der Waals surface area contributed by atoms with Crippen molar-refractivity contribution in [3.8, 4) is 11.5 Å². The van der Waals surface area contributed by atoms with Crippen molar-refractivity contribution in [3.05, 3.63) is 116 Å². The summed E-state index contributed by atoms with van der Waals surface area (Å²) in [7, 11) is 0. The highest BCUT2D eigenvalue weighted by atomic mass is 16.6. The molecule has 4 aromatic carbocycles. The molecule has 0 spiro atoms. The van der Waals surface area contributed by atoms with Gasteiger partial charge in [0.1, 0.15) is 22.9 Å². The van der Waals surface area contributed by atoms with Crippen LogP contribution in [0.15, 0.2) is 84.9 Å². The van der Waals surface area contributed by atoms with E-state index in [-0.39, 0.29) is 11.4 Å². The number of para-hydroxylation sites is 2. The number of nitrogens with zero attached hydrogens (tertiary/aromatic N) is 4. The van der Waals surface area contributed by atoms with Gasteiger partial charge in [-0.1, -0.05) is 50.2 Å². The molecule has 226 valence electrons. The summed E-state index contributed by atoms with van der Waals surface area (Å²) < 4.78 is 0. The molecule has 0 aromatic heterocycles. The van der Waals surface area contributed by atoms with Crippen molar-refractivity contribution in [1.82, 2.24) is 0 Å². The predicted molar refractivity (Wildman–Crippen MR) is 164 cm³/mol. The number of carbonyl (C=O) groups is 2. The first kappa shape index (κ1) is 30.8. The fourth-order valence-corrected chi connectivity index (χ4v) is 4.46. The van der Waals surface area contributed by atoms with Crippen LogP contribution < -0.4 is 20.7 Å². The van der Waals surface area contributed by atoms with Crippen LogP contribution in [0.2, 0.25) is 0 Å². The van der Waals surface area contributed by atoms with Gasteiger partial charge in [-0.3, -0.25) is 20.2 Å². The maximum Gasteiger partial charge on any atom is 0.346 e. The number of aromatic hydroxyl groups is 2. The number of anilines is 4. The quantitative estimate of drug-likeness (QED) is 0.126. The number of carbonyl (C=O) groups excluding carboxylic acids is 2. The normalized spacial score (nSPS) is 10.5. The Morgan fingerprint density at radius 3 is 1.34 bits per heavy atom. The van der Waals surface area contributed by atoms with Crippen molar-refractivity contribution in [3.63, 3.8) is 0 Å². The number of urea groups is 2. The summed E-state index contributed by atoms with van der Waals surface area (Å²) in [6.07, 6.45) is 1.06. The molecule has 0 atom stereocenters. The second-order valence-electron chi connectivity index (χ2n) is 9.37. The molecule has 0 bridgehead atoms. The van der Waals surface area contributed by atoms with E-state index in [2.05, 4.69) is 10.6 Å². The van der Waals surface area contributed by atoms with Gasteiger partial charge < -0.3 is 20.8 Å². The Morgan fingerprint density at radius 2 is 1.02 bits per heavy atom. The Bertz CT molecular complexity index is 1620. The molecule has 14 heteroatoms. The number of aryl methyl sites for hydroxylation is 2. The fourth-order valence-electron chi connectivity index (χ4n) is 4.46. The summed E-state index contributed by atoms with van der Waals surface area (Å²) in [6, 6.07) is 17.4. The van der Waals surface area contributed by atoms with Crippen LogP contribution >= 0.6 is 0 Å². The molecule has 4 aromatic rings. The lowest BCUT2D eigenvalue weighted by Crippen LogP contribution is -2.54. The highest BCUT2D eigenvalue weighted by Gasteiger charge is 2.35. The molecule has 4 rings (SSSR count). The van der Waals surface area contributed by atoms with Crippen molar-refractivity contribution in [1.29, 1.82) is 0 Å². The first-order chi connectivity index (χ1) is 21.0. The molecule has 4 N–H and O–H groups in total. The van der Waals surface area contributed by atoms with E-state index in [1.54, 1.807) is 48.5 Å². The van der Waals surface area contributed by atoms with Crippen molar-refractivity contribution in [2.24, 2.45) is 0 Å². The summed E-state index contributed by atoms with van der Waals surface area (Å²) in [6.45, 7) is 3.73. The van der Waals surface area contributed by atoms with E-state index in [4.69, 9.17) is 0 Å². The van der Waals surface area contributed by atoms with E-state index >= 15 is 0 Å². The monoisotopic (exact) mass is 600 g/mol. The van der Waals surface area contributed by atoms with Crippen LogP contribution in [0.3, 0.4) is 0 Å². The fraction of sp³-hybridized carbons (Fsp3) is 0.133. The van der Waals surface area contributed by atoms with Gasteiger partial charge in [0.05, 0.1) is 22.0 Å². The van der Waals surface area contributed by atoms with Gasteiger partial charge in [-0.05, 0) is 48.2 Å². The zero-order valence-electron chi connectivity index (χ0n) is 23.6. The van der Waals surface area contributed by atoms with E-state index in [0.29, 0.717) is 34.2 Å². The number of nitro groups is 2. The summed E-state index contributed by atoms with van der Waals surface area (Å²) in [4.78, 5) is 49.4. The molecule has 4 amide bonds. The van der Waals surface area contributed by atoms with Gasteiger partial charge in [0.2, 0.25) is 0 Å². The molecule has 0 aliphatic rings. The SMILES string of the molecule is CCc1ccccc1NC(=O)N(c1ccc([N+](=O)[O-])cc1O)N(C(=O)Nc1ccccc1CC)c1ccc([N+](=O)[O-])cc1O. The van der Waals surface area contributed by atoms with Gasteiger partial charge in [-0.2, -0.15) is 10.0 Å². The molecular formula is C30H28N6O8. The zero-order chi connectivity index (χ0) is 32.0. The van der Waals surface area contributed by atoms with E-state index < -0.39 is 44.8 Å². The number of nitro benzene ring substituents is 2. The van der Waals surface area contributed by atoms with Crippen LogP contribution in [0.25, 0.3) is 0 Å². The van der Waals surface area contributed by atoms with Crippen molar-refractivity contribution >= 4 is 46.2 Å². The molecule has 0 unspecified atom stereocenters. The number of phenolic OH excluding ortho intramolecular Hbond substituents is 2. The number of phenols is 2.